The number of nitrogens with one attached hydrogen (secondary N) is 1. The van der Waals surface area contributed by atoms with Crippen molar-refractivity contribution in [2.24, 2.45) is 0 Å². The van der Waals surface area contributed by atoms with Crippen LogP contribution in [0.15, 0.2) is 48.5 Å². The van der Waals surface area contributed by atoms with E-state index in [-0.39, 0.29) is 11.9 Å². The van der Waals surface area contributed by atoms with Crippen LogP contribution in [0.1, 0.15) is 49.6 Å². The van der Waals surface area contributed by atoms with Crippen LogP contribution in [0.2, 0.25) is 0 Å². The van der Waals surface area contributed by atoms with Gasteiger partial charge in [-0.15, -0.1) is 0 Å². The average Bonchev–Trinajstić information content (AvgIpc) is 3.07. The standard InChI is InChI=1S/C23H26N2O2/c1-3-7-21(26)25-15-14-19-18-8-5-6-9-20(18)24-22(19)23(25)16-10-12-17(13-11-16)27-4-2/h5-6,8-13,23-24H,3-4,7,14-15H2,1-2H3/t23-/m1/s1. The van der Waals surface area contributed by atoms with Crippen LogP contribution in [0, 0.1) is 0 Å². The summed E-state index contributed by atoms with van der Waals surface area (Å²) in [6.45, 7) is 5.45. The van der Waals surface area contributed by atoms with Gasteiger partial charge in [0.2, 0.25) is 5.91 Å². The van der Waals surface area contributed by atoms with E-state index < -0.39 is 0 Å². The number of hydrogen-bond donors (Lipinski definition) is 1. The molecule has 4 nitrogen and oxygen atoms in total. The number of H-pyrrole nitrogens is 1. The summed E-state index contributed by atoms with van der Waals surface area (Å²) in [6, 6.07) is 16.5. The van der Waals surface area contributed by atoms with E-state index in [4.69, 9.17) is 4.74 Å². The third-order valence-corrected chi connectivity index (χ3v) is 5.33. The molecular weight excluding hydrogens is 336 g/mol. The second-order valence-electron chi connectivity index (χ2n) is 7.05. The Morgan fingerprint density at radius 1 is 1.15 bits per heavy atom. The third kappa shape index (κ3) is 3.20. The molecule has 4 rings (SSSR count). The zero-order valence-corrected chi connectivity index (χ0v) is 16.0. The topological polar surface area (TPSA) is 45.3 Å². The van der Waals surface area contributed by atoms with Crippen LogP contribution in [-0.4, -0.2) is 28.9 Å². The predicted octanol–water partition coefficient (Wildman–Crippen LogP) is 4.84. The van der Waals surface area contributed by atoms with Gasteiger partial charge in [-0.2, -0.15) is 0 Å². The molecule has 1 aromatic heterocycles. The lowest BCUT2D eigenvalue weighted by Crippen LogP contribution is -2.40. The van der Waals surface area contributed by atoms with Crippen molar-refractivity contribution in [3.8, 4) is 5.75 Å². The Balaban J connectivity index is 1.81. The first-order chi connectivity index (χ1) is 13.2. The zero-order chi connectivity index (χ0) is 18.8. The van der Waals surface area contributed by atoms with Crippen molar-refractivity contribution in [2.75, 3.05) is 13.2 Å². The molecule has 27 heavy (non-hydrogen) atoms. The van der Waals surface area contributed by atoms with E-state index in [9.17, 15) is 4.79 Å². The van der Waals surface area contributed by atoms with Gasteiger partial charge in [0.25, 0.3) is 0 Å². The maximum Gasteiger partial charge on any atom is 0.223 e. The second-order valence-corrected chi connectivity index (χ2v) is 7.05. The maximum absolute atomic E-state index is 12.9. The van der Waals surface area contributed by atoms with Gasteiger partial charge < -0.3 is 14.6 Å². The van der Waals surface area contributed by atoms with Crippen LogP contribution in [0.25, 0.3) is 10.9 Å². The molecule has 0 saturated carbocycles. The Bertz CT molecular complexity index is 943. The van der Waals surface area contributed by atoms with Crippen LogP contribution in [0.4, 0.5) is 0 Å². The fourth-order valence-corrected chi connectivity index (χ4v) is 4.13. The quantitative estimate of drug-likeness (QED) is 0.706. The van der Waals surface area contributed by atoms with Gasteiger partial charge in [0, 0.05) is 29.6 Å². The minimum atomic E-state index is -0.0733. The monoisotopic (exact) mass is 362 g/mol. The van der Waals surface area contributed by atoms with E-state index in [1.54, 1.807) is 0 Å². The predicted molar refractivity (Wildman–Crippen MR) is 108 cm³/mol. The number of aromatic nitrogens is 1. The summed E-state index contributed by atoms with van der Waals surface area (Å²) in [5.74, 6) is 1.08. The van der Waals surface area contributed by atoms with Crippen molar-refractivity contribution >= 4 is 16.8 Å². The van der Waals surface area contributed by atoms with Crippen LogP contribution < -0.4 is 4.74 Å². The Hall–Kier alpha value is -2.75. The minimum absolute atomic E-state index is 0.0733. The number of rotatable bonds is 5. The summed E-state index contributed by atoms with van der Waals surface area (Å²) in [5.41, 5.74) is 4.75. The summed E-state index contributed by atoms with van der Waals surface area (Å²) in [5, 5.41) is 1.27. The molecule has 2 aromatic carbocycles. The summed E-state index contributed by atoms with van der Waals surface area (Å²) in [4.78, 5) is 18.5. The molecule has 3 aromatic rings. The number of ether oxygens (including phenoxy) is 1. The third-order valence-electron chi connectivity index (χ3n) is 5.33. The molecule has 4 heteroatoms. The number of amides is 1. The van der Waals surface area contributed by atoms with E-state index in [0.29, 0.717) is 13.0 Å². The Labute approximate surface area is 160 Å². The van der Waals surface area contributed by atoms with Gasteiger partial charge >= 0.3 is 0 Å². The highest BCUT2D eigenvalue weighted by Crippen LogP contribution is 2.39. The number of aromatic amines is 1. The van der Waals surface area contributed by atoms with Crippen molar-refractivity contribution < 1.29 is 9.53 Å². The molecule has 2 heterocycles. The Morgan fingerprint density at radius 2 is 1.93 bits per heavy atom. The first kappa shape index (κ1) is 17.7. The van der Waals surface area contributed by atoms with Crippen molar-refractivity contribution in [3.63, 3.8) is 0 Å². The molecule has 140 valence electrons. The fraction of sp³-hybridized carbons (Fsp3) is 0.348. The average molecular weight is 362 g/mol. The molecule has 0 aliphatic carbocycles. The van der Waals surface area contributed by atoms with Gasteiger partial charge in [0.15, 0.2) is 0 Å². The van der Waals surface area contributed by atoms with Gasteiger partial charge in [-0.3, -0.25) is 4.79 Å². The first-order valence-electron chi connectivity index (χ1n) is 9.84. The summed E-state index contributed by atoms with van der Waals surface area (Å²) in [6.07, 6.45) is 2.34. The summed E-state index contributed by atoms with van der Waals surface area (Å²) >= 11 is 0. The highest BCUT2D eigenvalue weighted by atomic mass is 16.5. The maximum atomic E-state index is 12.9. The lowest BCUT2D eigenvalue weighted by atomic mass is 9.92. The summed E-state index contributed by atoms with van der Waals surface area (Å²) in [7, 11) is 0. The van der Waals surface area contributed by atoms with E-state index in [1.807, 2.05) is 24.0 Å². The van der Waals surface area contributed by atoms with E-state index >= 15 is 0 Å². The normalized spacial score (nSPS) is 16.4. The number of nitrogens with zero attached hydrogens (tertiary/aromatic N) is 1. The Kier molecular flexibility index (Phi) is 4.88. The highest BCUT2D eigenvalue weighted by Gasteiger charge is 2.33. The molecule has 1 aliphatic heterocycles. The Morgan fingerprint density at radius 3 is 2.67 bits per heavy atom. The van der Waals surface area contributed by atoms with Crippen LogP contribution in [-0.2, 0) is 11.2 Å². The summed E-state index contributed by atoms with van der Waals surface area (Å²) < 4.78 is 5.59. The molecule has 0 fully saturated rings. The smallest absolute Gasteiger partial charge is 0.223 e. The van der Waals surface area contributed by atoms with Gasteiger partial charge in [-0.05, 0) is 49.1 Å². The van der Waals surface area contributed by atoms with Crippen molar-refractivity contribution in [3.05, 3.63) is 65.4 Å². The molecule has 0 unspecified atom stereocenters. The van der Waals surface area contributed by atoms with Gasteiger partial charge in [0.1, 0.15) is 5.75 Å². The molecule has 1 atom stereocenters. The highest BCUT2D eigenvalue weighted by molar-refractivity contribution is 5.86. The SMILES string of the molecule is CCCC(=O)N1CCc2c([nH]c3ccccc23)[C@H]1c1ccc(OCC)cc1. The molecule has 0 saturated heterocycles. The zero-order valence-electron chi connectivity index (χ0n) is 16.0. The fourth-order valence-electron chi connectivity index (χ4n) is 4.13. The number of fused-ring (bicyclic) bond motifs is 3. The lowest BCUT2D eigenvalue weighted by Gasteiger charge is -2.36. The largest absolute Gasteiger partial charge is 0.494 e. The van der Waals surface area contributed by atoms with E-state index in [2.05, 4.69) is 48.3 Å². The van der Waals surface area contributed by atoms with Gasteiger partial charge in [-0.25, -0.2) is 0 Å². The second kappa shape index (κ2) is 7.47. The van der Waals surface area contributed by atoms with E-state index in [0.717, 1.165) is 41.9 Å². The molecule has 1 N–H and O–H groups in total. The van der Waals surface area contributed by atoms with Gasteiger partial charge in [0.05, 0.1) is 12.6 Å². The number of carbonyl (C=O) groups excluding carboxylic acids is 1. The number of hydrogen-bond acceptors (Lipinski definition) is 2. The van der Waals surface area contributed by atoms with Crippen molar-refractivity contribution in [1.29, 1.82) is 0 Å². The molecule has 1 aliphatic rings. The number of carbonyl (C=O) groups is 1. The van der Waals surface area contributed by atoms with Crippen molar-refractivity contribution in [1.82, 2.24) is 9.88 Å². The number of para-hydroxylation sites is 1. The molecule has 0 radical (unpaired) electrons. The van der Waals surface area contributed by atoms with Gasteiger partial charge in [-0.1, -0.05) is 37.3 Å². The van der Waals surface area contributed by atoms with Crippen LogP contribution >= 0.6 is 0 Å². The molecular formula is C23H26N2O2. The minimum Gasteiger partial charge on any atom is -0.494 e. The molecule has 0 bridgehead atoms. The van der Waals surface area contributed by atoms with Crippen LogP contribution in [0.3, 0.4) is 0 Å². The van der Waals surface area contributed by atoms with Crippen molar-refractivity contribution in [2.45, 2.75) is 39.2 Å². The first-order valence-corrected chi connectivity index (χ1v) is 9.84. The van der Waals surface area contributed by atoms with Crippen LogP contribution in [0.5, 0.6) is 5.75 Å². The molecule has 0 spiro atoms. The van der Waals surface area contributed by atoms with E-state index in [1.165, 1.54) is 10.9 Å². The lowest BCUT2D eigenvalue weighted by molar-refractivity contribution is -0.133. The molecule has 1 amide bonds. The number of benzene rings is 2.